The first-order valence-electron chi connectivity index (χ1n) is 6.53. The van der Waals surface area contributed by atoms with Crippen LogP contribution in [0.5, 0.6) is 0 Å². The van der Waals surface area contributed by atoms with Crippen LogP contribution in [0.1, 0.15) is 6.42 Å². The molecule has 0 spiro atoms. The maximum Gasteiger partial charge on any atom is 0.226 e. The highest BCUT2D eigenvalue weighted by molar-refractivity contribution is 9.10. The highest BCUT2D eigenvalue weighted by Gasteiger charge is 2.08. The first kappa shape index (κ1) is 13.8. The fraction of sp³-hybridized carbons (Fsp3) is 0.133. The van der Waals surface area contributed by atoms with Gasteiger partial charge in [0.1, 0.15) is 12.7 Å². The Morgan fingerprint density at radius 2 is 2.00 bits per heavy atom. The molecule has 3 aromatic rings. The number of nitrogens with one attached hydrogen (secondary N) is 1. The standard InChI is InChI=1S/C15H13BrN4O/c16-13-5-6-14(12-4-2-1-3-11(12)13)19-15(21)7-8-20-10-17-9-18-20/h1-6,9-10H,7-8H2,(H,19,21). The number of rotatable bonds is 4. The number of amides is 1. The molecule has 0 aliphatic carbocycles. The van der Waals surface area contributed by atoms with Crippen molar-refractivity contribution in [2.75, 3.05) is 5.32 Å². The van der Waals surface area contributed by atoms with Gasteiger partial charge in [0.15, 0.2) is 0 Å². The summed E-state index contributed by atoms with van der Waals surface area (Å²) in [7, 11) is 0. The van der Waals surface area contributed by atoms with Gasteiger partial charge in [-0.25, -0.2) is 4.98 Å². The summed E-state index contributed by atoms with van der Waals surface area (Å²) in [5.74, 6) is -0.0435. The van der Waals surface area contributed by atoms with Crippen LogP contribution >= 0.6 is 15.9 Å². The molecule has 1 heterocycles. The van der Waals surface area contributed by atoms with Crippen molar-refractivity contribution in [3.63, 3.8) is 0 Å². The SMILES string of the molecule is O=C(CCn1cncn1)Nc1ccc(Br)c2ccccc12. The van der Waals surface area contributed by atoms with Crippen molar-refractivity contribution >= 4 is 38.3 Å². The number of anilines is 1. The van der Waals surface area contributed by atoms with Gasteiger partial charge in [0.2, 0.25) is 5.91 Å². The second kappa shape index (κ2) is 6.05. The maximum absolute atomic E-state index is 12.1. The lowest BCUT2D eigenvalue weighted by molar-refractivity contribution is -0.116. The van der Waals surface area contributed by atoms with Gasteiger partial charge in [-0.3, -0.25) is 9.48 Å². The summed E-state index contributed by atoms with van der Waals surface area (Å²) in [5.41, 5.74) is 0.817. The number of nitrogens with zero attached hydrogens (tertiary/aromatic N) is 3. The predicted octanol–water partition coefficient (Wildman–Crippen LogP) is 3.22. The lowest BCUT2D eigenvalue weighted by Gasteiger charge is -2.10. The third-order valence-corrected chi connectivity index (χ3v) is 3.87. The maximum atomic E-state index is 12.1. The highest BCUT2D eigenvalue weighted by atomic mass is 79.9. The van der Waals surface area contributed by atoms with Crippen molar-refractivity contribution in [2.24, 2.45) is 0 Å². The van der Waals surface area contributed by atoms with Crippen LogP contribution in [-0.4, -0.2) is 20.7 Å². The molecule has 5 nitrogen and oxygen atoms in total. The Morgan fingerprint density at radius 3 is 2.76 bits per heavy atom. The Hall–Kier alpha value is -2.21. The zero-order chi connectivity index (χ0) is 14.7. The summed E-state index contributed by atoms with van der Waals surface area (Å²) in [5, 5.41) is 9.02. The van der Waals surface area contributed by atoms with E-state index in [0.717, 1.165) is 20.9 Å². The minimum atomic E-state index is -0.0435. The number of benzene rings is 2. The number of hydrogen-bond acceptors (Lipinski definition) is 3. The Labute approximate surface area is 130 Å². The smallest absolute Gasteiger partial charge is 0.226 e. The molecule has 0 unspecified atom stereocenters. The van der Waals surface area contributed by atoms with Gasteiger partial charge < -0.3 is 5.32 Å². The fourth-order valence-electron chi connectivity index (χ4n) is 2.15. The minimum Gasteiger partial charge on any atom is -0.325 e. The summed E-state index contributed by atoms with van der Waals surface area (Å²) in [6, 6.07) is 11.8. The van der Waals surface area contributed by atoms with Gasteiger partial charge in [-0.15, -0.1) is 0 Å². The van der Waals surface area contributed by atoms with E-state index in [1.54, 1.807) is 11.0 Å². The molecule has 0 saturated heterocycles. The van der Waals surface area contributed by atoms with Gasteiger partial charge in [0.25, 0.3) is 0 Å². The summed E-state index contributed by atoms with van der Waals surface area (Å²) in [6.45, 7) is 0.514. The highest BCUT2D eigenvalue weighted by Crippen LogP contribution is 2.29. The molecule has 1 N–H and O–H groups in total. The quantitative estimate of drug-likeness (QED) is 0.790. The average molecular weight is 345 g/mol. The molecule has 0 atom stereocenters. The van der Waals surface area contributed by atoms with Crippen LogP contribution in [0.3, 0.4) is 0 Å². The topological polar surface area (TPSA) is 59.8 Å². The number of fused-ring (bicyclic) bond motifs is 1. The van der Waals surface area contributed by atoms with Gasteiger partial charge in [0, 0.05) is 22.0 Å². The number of carbonyl (C=O) groups is 1. The van der Waals surface area contributed by atoms with E-state index in [1.165, 1.54) is 6.33 Å². The Balaban J connectivity index is 1.75. The monoisotopic (exact) mass is 344 g/mol. The molecule has 0 aliphatic heterocycles. The number of aryl methyl sites for hydroxylation is 1. The van der Waals surface area contributed by atoms with E-state index in [4.69, 9.17) is 0 Å². The predicted molar refractivity (Wildman–Crippen MR) is 84.9 cm³/mol. The molecule has 1 amide bonds. The molecule has 1 aromatic heterocycles. The van der Waals surface area contributed by atoms with Crippen molar-refractivity contribution in [2.45, 2.75) is 13.0 Å². The van der Waals surface area contributed by atoms with Crippen LogP contribution in [-0.2, 0) is 11.3 Å². The van der Waals surface area contributed by atoms with Gasteiger partial charge in [0.05, 0.1) is 6.54 Å². The van der Waals surface area contributed by atoms with E-state index in [1.807, 2.05) is 36.4 Å². The number of halogens is 1. The number of aromatic nitrogens is 3. The lowest BCUT2D eigenvalue weighted by Crippen LogP contribution is -2.15. The summed E-state index contributed by atoms with van der Waals surface area (Å²) in [6.07, 6.45) is 3.41. The fourth-order valence-corrected chi connectivity index (χ4v) is 2.63. The van der Waals surface area contributed by atoms with Gasteiger partial charge in [-0.05, 0) is 17.5 Å². The molecule has 0 aliphatic rings. The van der Waals surface area contributed by atoms with E-state index in [0.29, 0.717) is 13.0 Å². The molecule has 21 heavy (non-hydrogen) atoms. The van der Waals surface area contributed by atoms with Crippen molar-refractivity contribution in [1.29, 1.82) is 0 Å². The molecular formula is C15H13BrN4O. The number of hydrogen-bond donors (Lipinski definition) is 1. The summed E-state index contributed by atoms with van der Waals surface area (Å²) >= 11 is 3.52. The third-order valence-electron chi connectivity index (χ3n) is 3.18. The van der Waals surface area contributed by atoms with Gasteiger partial charge in [-0.1, -0.05) is 40.2 Å². The summed E-state index contributed by atoms with van der Waals surface area (Å²) in [4.78, 5) is 15.9. The second-order valence-electron chi connectivity index (χ2n) is 4.60. The molecule has 0 radical (unpaired) electrons. The normalized spacial score (nSPS) is 10.7. The minimum absolute atomic E-state index is 0.0435. The van der Waals surface area contributed by atoms with E-state index in [9.17, 15) is 4.79 Å². The van der Waals surface area contributed by atoms with Crippen LogP contribution < -0.4 is 5.32 Å². The Kier molecular flexibility index (Phi) is 3.96. The number of carbonyl (C=O) groups excluding carboxylic acids is 1. The Morgan fingerprint density at radius 1 is 1.19 bits per heavy atom. The molecule has 0 saturated carbocycles. The Bertz CT molecular complexity index is 770. The van der Waals surface area contributed by atoms with E-state index in [-0.39, 0.29) is 5.91 Å². The van der Waals surface area contributed by atoms with Gasteiger partial charge in [-0.2, -0.15) is 5.10 Å². The van der Waals surface area contributed by atoms with Crippen LogP contribution in [0.15, 0.2) is 53.5 Å². The van der Waals surface area contributed by atoms with E-state index in [2.05, 4.69) is 31.3 Å². The third kappa shape index (κ3) is 3.11. The zero-order valence-corrected chi connectivity index (χ0v) is 12.7. The van der Waals surface area contributed by atoms with Gasteiger partial charge >= 0.3 is 0 Å². The zero-order valence-electron chi connectivity index (χ0n) is 11.2. The van der Waals surface area contributed by atoms with Crippen molar-refractivity contribution in [3.8, 4) is 0 Å². The molecule has 6 heteroatoms. The molecule has 0 bridgehead atoms. The summed E-state index contributed by atoms with van der Waals surface area (Å²) < 4.78 is 2.65. The lowest BCUT2D eigenvalue weighted by atomic mass is 10.1. The van der Waals surface area contributed by atoms with Crippen LogP contribution in [0, 0.1) is 0 Å². The molecule has 106 valence electrons. The largest absolute Gasteiger partial charge is 0.325 e. The first-order valence-corrected chi connectivity index (χ1v) is 7.33. The first-order chi connectivity index (χ1) is 10.2. The molecular weight excluding hydrogens is 332 g/mol. The van der Waals surface area contributed by atoms with Crippen molar-refractivity contribution in [1.82, 2.24) is 14.8 Å². The van der Waals surface area contributed by atoms with Crippen LogP contribution in [0.25, 0.3) is 10.8 Å². The van der Waals surface area contributed by atoms with Crippen LogP contribution in [0.4, 0.5) is 5.69 Å². The van der Waals surface area contributed by atoms with Crippen LogP contribution in [0.2, 0.25) is 0 Å². The molecule has 0 fully saturated rings. The van der Waals surface area contributed by atoms with E-state index < -0.39 is 0 Å². The average Bonchev–Trinajstić information content (AvgIpc) is 3.02. The van der Waals surface area contributed by atoms with Crippen molar-refractivity contribution in [3.05, 3.63) is 53.5 Å². The van der Waals surface area contributed by atoms with Crippen molar-refractivity contribution < 1.29 is 4.79 Å². The van der Waals surface area contributed by atoms with E-state index >= 15 is 0 Å². The second-order valence-corrected chi connectivity index (χ2v) is 5.45. The molecule has 2 aromatic carbocycles. The molecule has 3 rings (SSSR count).